The Labute approximate surface area is 158 Å². The third-order valence-corrected chi connectivity index (χ3v) is 4.38. The first-order chi connectivity index (χ1) is 13.1. The van der Waals surface area contributed by atoms with Crippen molar-refractivity contribution in [2.24, 2.45) is 0 Å². The molecule has 3 aromatic rings. The number of halogens is 1. The van der Waals surface area contributed by atoms with Crippen molar-refractivity contribution in [3.05, 3.63) is 95.1 Å². The normalized spacial score (nSPS) is 10.4. The Morgan fingerprint density at radius 3 is 2.56 bits per heavy atom. The van der Waals surface area contributed by atoms with Crippen molar-refractivity contribution >= 4 is 11.6 Å². The fraction of sp³-hybridized carbons (Fsp3) is 0.182. The van der Waals surface area contributed by atoms with Crippen molar-refractivity contribution in [1.29, 1.82) is 0 Å². The summed E-state index contributed by atoms with van der Waals surface area (Å²) in [5.74, 6) is -0.478. The molecule has 0 atom stereocenters. The molecule has 27 heavy (non-hydrogen) atoms. The second kappa shape index (κ2) is 8.94. The van der Waals surface area contributed by atoms with Crippen molar-refractivity contribution in [2.45, 2.75) is 19.9 Å². The molecule has 0 saturated carbocycles. The molecule has 1 amide bonds. The molecule has 0 aliphatic heterocycles. The van der Waals surface area contributed by atoms with Crippen LogP contribution in [0.4, 0.5) is 10.1 Å². The summed E-state index contributed by atoms with van der Waals surface area (Å²) in [5, 5.41) is 6.11. The van der Waals surface area contributed by atoms with Gasteiger partial charge in [0.15, 0.2) is 0 Å². The molecular formula is C22H22FN3O. The van der Waals surface area contributed by atoms with Crippen molar-refractivity contribution in [3.63, 3.8) is 0 Å². The average molecular weight is 363 g/mol. The third kappa shape index (κ3) is 5.14. The molecule has 5 heteroatoms. The number of aryl methyl sites for hydroxylation is 1. The molecule has 0 fully saturated rings. The van der Waals surface area contributed by atoms with Gasteiger partial charge in [0.2, 0.25) is 0 Å². The van der Waals surface area contributed by atoms with Crippen LogP contribution in [0, 0.1) is 12.7 Å². The van der Waals surface area contributed by atoms with Crippen LogP contribution >= 0.6 is 0 Å². The summed E-state index contributed by atoms with van der Waals surface area (Å²) in [6, 6.07) is 16.5. The lowest BCUT2D eigenvalue weighted by Crippen LogP contribution is -2.26. The molecule has 2 N–H and O–H groups in total. The average Bonchev–Trinajstić information content (AvgIpc) is 2.69. The Kier molecular flexibility index (Phi) is 6.15. The summed E-state index contributed by atoms with van der Waals surface area (Å²) in [5.41, 5.74) is 4.24. The number of amides is 1. The molecule has 2 aromatic carbocycles. The summed E-state index contributed by atoms with van der Waals surface area (Å²) >= 11 is 0. The van der Waals surface area contributed by atoms with Crippen molar-refractivity contribution in [3.8, 4) is 0 Å². The zero-order valence-electron chi connectivity index (χ0n) is 15.2. The molecule has 0 unspecified atom stereocenters. The maximum Gasteiger partial charge on any atom is 0.252 e. The predicted molar refractivity (Wildman–Crippen MR) is 105 cm³/mol. The Morgan fingerprint density at radius 1 is 1.04 bits per heavy atom. The maximum absolute atomic E-state index is 13.6. The zero-order valence-corrected chi connectivity index (χ0v) is 15.2. The molecule has 0 spiro atoms. The Balaban J connectivity index is 1.55. The van der Waals surface area contributed by atoms with Gasteiger partial charge in [-0.3, -0.25) is 9.78 Å². The van der Waals surface area contributed by atoms with Crippen molar-refractivity contribution in [2.75, 3.05) is 11.9 Å². The van der Waals surface area contributed by atoms with E-state index in [9.17, 15) is 9.18 Å². The van der Waals surface area contributed by atoms with Gasteiger partial charge in [-0.1, -0.05) is 42.5 Å². The molecule has 0 saturated heterocycles. The van der Waals surface area contributed by atoms with Gasteiger partial charge in [-0.05, 0) is 42.2 Å². The lowest BCUT2D eigenvalue weighted by atomic mass is 10.1. The molecule has 3 rings (SSSR count). The highest BCUT2D eigenvalue weighted by Gasteiger charge is 2.08. The number of carbonyl (C=O) groups excluding carboxylic acids is 1. The van der Waals surface area contributed by atoms with Gasteiger partial charge in [-0.25, -0.2) is 4.39 Å². The van der Waals surface area contributed by atoms with E-state index in [0.29, 0.717) is 30.6 Å². The highest BCUT2D eigenvalue weighted by Crippen LogP contribution is 2.13. The zero-order chi connectivity index (χ0) is 19.1. The van der Waals surface area contributed by atoms with Gasteiger partial charge in [0.1, 0.15) is 5.82 Å². The highest BCUT2D eigenvalue weighted by atomic mass is 19.1. The third-order valence-electron chi connectivity index (χ3n) is 4.38. The number of hydrogen-bond donors (Lipinski definition) is 2. The van der Waals surface area contributed by atoms with Crippen LogP contribution in [0.1, 0.15) is 27.0 Å². The molecular weight excluding hydrogens is 341 g/mol. The first kappa shape index (κ1) is 18.6. The summed E-state index contributed by atoms with van der Waals surface area (Å²) in [6.45, 7) is 3.09. The van der Waals surface area contributed by atoms with Crippen LogP contribution < -0.4 is 10.6 Å². The SMILES string of the molecule is Cc1ccccc1CNc1cncc(C(=O)NCCc2ccccc2F)c1. The standard InChI is InChI=1S/C22H22FN3O/c1-16-6-2-3-8-18(16)14-26-20-12-19(13-24-15-20)22(27)25-11-10-17-7-4-5-9-21(17)23/h2-9,12-13,15,26H,10-11,14H2,1H3,(H,25,27). The molecule has 0 aliphatic carbocycles. The lowest BCUT2D eigenvalue weighted by molar-refractivity contribution is 0.0953. The van der Waals surface area contributed by atoms with Crippen LogP contribution in [0.15, 0.2) is 67.0 Å². The van der Waals surface area contributed by atoms with Gasteiger partial charge >= 0.3 is 0 Å². The largest absolute Gasteiger partial charge is 0.380 e. The number of anilines is 1. The summed E-state index contributed by atoms with van der Waals surface area (Å²) < 4.78 is 13.6. The van der Waals surface area contributed by atoms with Crippen molar-refractivity contribution < 1.29 is 9.18 Å². The summed E-state index contributed by atoms with van der Waals surface area (Å²) in [4.78, 5) is 16.5. The number of hydrogen-bond acceptors (Lipinski definition) is 3. The van der Waals surface area contributed by atoms with Crippen molar-refractivity contribution in [1.82, 2.24) is 10.3 Å². The second-order valence-corrected chi connectivity index (χ2v) is 6.34. The number of pyridine rings is 1. The van der Waals surface area contributed by atoms with Gasteiger partial charge in [0.05, 0.1) is 11.3 Å². The van der Waals surface area contributed by atoms with Gasteiger partial charge in [-0.15, -0.1) is 0 Å². The molecule has 0 radical (unpaired) electrons. The van der Waals surface area contributed by atoms with E-state index >= 15 is 0 Å². The highest BCUT2D eigenvalue weighted by molar-refractivity contribution is 5.94. The first-order valence-electron chi connectivity index (χ1n) is 8.88. The molecule has 0 aliphatic rings. The van der Waals surface area contributed by atoms with E-state index in [-0.39, 0.29) is 11.7 Å². The van der Waals surface area contributed by atoms with E-state index in [4.69, 9.17) is 0 Å². The van der Waals surface area contributed by atoms with Crippen LogP contribution in [0.25, 0.3) is 0 Å². The minimum absolute atomic E-state index is 0.224. The number of carbonyl (C=O) groups is 1. The van der Waals surface area contributed by atoms with E-state index < -0.39 is 0 Å². The number of benzene rings is 2. The molecule has 1 heterocycles. The van der Waals surface area contributed by atoms with Gasteiger partial charge < -0.3 is 10.6 Å². The monoisotopic (exact) mass is 363 g/mol. The lowest BCUT2D eigenvalue weighted by Gasteiger charge is -2.10. The quantitative estimate of drug-likeness (QED) is 0.664. The summed E-state index contributed by atoms with van der Waals surface area (Å²) in [6.07, 6.45) is 3.66. The number of rotatable bonds is 7. The minimum atomic E-state index is -0.254. The molecule has 0 bridgehead atoms. The fourth-order valence-electron chi connectivity index (χ4n) is 2.78. The number of aromatic nitrogens is 1. The van der Waals surface area contributed by atoms with Crippen LogP contribution in [-0.2, 0) is 13.0 Å². The van der Waals surface area contributed by atoms with E-state index in [1.165, 1.54) is 23.4 Å². The van der Waals surface area contributed by atoms with Crippen LogP contribution in [-0.4, -0.2) is 17.4 Å². The van der Waals surface area contributed by atoms with E-state index in [1.54, 1.807) is 30.5 Å². The van der Waals surface area contributed by atoms with Gasteiger partial charge in [0.25, 0.3) is 5.91 Å². The predicted octanol–water partition coefficient (Wildman–Crippen LogP) is 4.11. The summed E-state index contributed by atoms with van der Waals surface area (Å²) in [7, 11) is 0. The smallest absolute Gasteiger partial charge is 0.252 e. The number of nitrogens with one attached hydrogen (secondary N) is 2. The van der Waals surface area contributed by atoms with Gasteiger partial charge in [0, 0.05) is 25.5 Å². The molecule has 1 aromatic heterocycles. The van der Waals surface area contributed by atoms with Crippen LogP contribution in [0.2, 0.25) is 0 Å². The molecule has 4 nitrogen and oxygen atoms in total. The first-order valence-corrected chi connectivity index (χ1v) is 8.88. The van der Waals surface area contributed by atoms with E-state index in [1.807, 2.05) is 12.1 Å². The van der Waals surface area contributed by atoms with E-state index in [0.717, 1.165) is 5.69 Å². The second-order valence-electron chi connectivity index (χ2n) is 6.34. The van der Waals surface area contributed by atoms with Crippen LogP contribution in [0.3, 0.4) is 0 Å². The molecule has 138 valence electrons. The van der Waals surface area contributed by atoms with E-state index in [2.05, 4.69) is 34.7 Å². The topological polar surface area (TPSA) is 54.0 Å². The van der Waals surface area contributed by atoms with Gasteiger partial charge in [-0.2, -0.15) is 0 Å². The maximum atomic E-state index is 13.6. The fourth-order valence-corrected chi connectivity index (χ4v) is 2.78. The number of nitrogens with zero attached hydrogens (tertiary/aromatic N) is 1. The Morgan fingerprint density at radius 2 is 1.78 bits per heavy atom. The Bertz CT molecular complexity index is 927. The Hall–Kier alpha value is -3.21. The van der Waals surface area contributed by atoms with Crippen LogP contribution in [0.5, 0.6) is 0 Å². The minimum Gasteiger partial charge on any atom is -0.380 e.